The molecule has 1 atom stereocenters. The molecule has 150 valence electrons. The quantitative estimate of drug-likeness (QED) is 0.672. The summed E-state index contributed by atoms with van der Waals surface area (Å²) in [5.74, 6) is -0.970. The number of rotatable bonds is 5. The third kappa shape index (κ3) is 4.02. The predicted molar refractivity (Wildman–Crippen MR) is 102 cm³/mol. The normalized spacial score (nSPS) is 16.5. The molecule has 1 saturated heterocycles. The molecule has 10 heteroatoms. The molecule has 1 unspecified atom stereocenters. The number of nitrogens with two attached hydrogens (primary N) is 1. The first-order chi connectivity index (χ1) is 14.0. The minimum Gasteiger partial charge on any atom is -0.444 e. The number of carbonyl (C=O) groups excluding carboxylic acids is 2. The molecule has 0 spiro atoms. The smallest absolute Gasteiger partial charge is 0.277 e. The Bertz CT molecular complexity index is 1050. The minimum absolute atomic E-state index is 0.0129. The molecule has 1 aliphatic rings. The first kappa shape index (κ1) is 18.8. The molecule has 10 nitrogen and oxygen atoms in total. The number of carbonyl (C=O) groups is 2. The average Bonchev–Trinajstić information content (AvgIpc) is 3.36. The van der Waals surface area contributed by atoms with Crippen LogP contribution in [0.25, 0.3) is 11.5 Å². The van der Waals surface area contributed by atoms with Gasteiger partial charge >= 0.3 is 0 Å². The maximum Gasteiger partial charge on any atom is 0.277 e. The number of hydrogen-bond donors (Lipinski definition) is 2. The van der Waals surface area contributed by atoms with Crippen LogP contribution in [-0.2, 0) is 4.74 Å². The number of primary amides is 1. The van der Waals surface area contributed by atoms with Crippen molar-refractivity contribution in [1.29, 1.82) is 0 Å². The molecule has 3 aromatic heterocycles. The van der Waals surface area contributed by atoms with Gasteiger partial charge in [-0.25, -0.2) is 4.98 Å². The van der Waals surface area contributed by atoms with Crippen molar-refractivity contribution in [3.8, 4) is 11.5 Å². The van der Waals surface area contributed by atoms with Gasteiger partial charge in [0.2, 0.25) is 5.89 Å². The van der Waals surface area contributed by atoms with Crippen molar-refractivity contribution in [2.45, 2.75) is 25.8 Å². The molecule has 1 aliphatic heterocycles. The maximum atomic E-state index is 12.6. The molecule has 0 radical (unpaired) electrons. The van der Waals surface area contributed by atoms with E-state index in [1.54, 1.807) is 29.2 Å². The van der Waals surface area contributed by atoms with Gasteiger partial charge in [0.25, 0.3) is 11.8 Å². The number of ether oxygens (including phenoxy) is 1. The van der Waals surface area contributed by atoms with Crippen LogP contribution in [-0.4, -0.2) is 44.8 Å². The van der Waals surface area contributed by atoms with Crippen LogP contribution in [0.2, 0.25) is 0 Å². The molecule has 1 fully saturated rings. The number of aromatic nitrogens is 4. The van der Waals surface area contributed by atoms with Crippen molar-refractivity contribution < 1.29 is 18.7 Å². The molecule has 0 aliphatic carbocycles. The lowest BCUT2D eigenvalue weighted by molar-refractivity contribution is 0.0547. The van der Waals surface area contributed by atoms with E-state index < -0.39 is 11.8 Å². The van der Waals surface area contributed by atoms with Gasteiger partial charge in [-0.1, -0.05) is 0 Å². The van der Waals surface area contributed by atoms with Gasteiger partial charge in [-0.15, -0.1) is 0 Å². The van der Waals surface area contributed by atoms with Crippen molar-refractivity contribution in [3.05, 3.63) is 47.9 Å². The van der Waals surface area contributed by atoms with Crippen LogP contribution in [0.5, 0.6) is 0 Å². The van der Waals surface area contributed by atoms with Crippen molar-refractivity contribution >= 4 is 17.5 Å². The largest absolute Gasteiger partial charge is 0.444 e. The Kier molecular flexibility index (Phi) is 5.09. The van der Waals surface area contributed by atoms with Crippen molar-refractivity contribution in [2.75, 3.05) is 18.5 Å². The number of pyridine rings is 1. The van der Waals surface area contributed by atoms with Gasteiger partial charge in [0.15, 0.2) is 11.4 Å². The number of anilines is 1. The number of oxazole rings is 1. The van der Waals surface area contributed by atoms with Crippen LogP contribution in [0.3, 0.4) is 0 Å². The Morgan fingerprint density at radius 3 is 2.97 bits per heavy atom. The molecule has 29 heavy (non-hydrogen) atoms. The Hall–Kier alpha value is -3.53. The second-order valence-corrected chi connectivity index (χ2v) is 6.78. The van der Waals surface area contributed by atoms with E-state index in [4.69, 9.17) is 14.9 Å². The monoisotopic (exact) mass is 396 g/mol. The van der Waals surface area contributed by atoms with Crippen LogP contribution in [0.15, 0.2) is 35.2 Å². The van der Waals surface area contributed by atoms with Gasteiger partial charge in [-0.3, -0.25) is 19.3 Å². The molecule has 4 rings (SSSR count). The van der Waals surface area contributed by atoms with Gasteiger partial charge in [0.1, 0.15) is 6.26 Å². The molecular formula is C19H20N6O4. The highest BCUT2D eigenvalue weighted by Gasteiger charge is 2.23. The first-order valence-corrected chi connectivity index (χ1v) is 9.18. The zero-order valence-electron chi connectivity index (χ0n) is 15.8. The minimum atomic E-state index is -0.733. The fourth-order valence-corrected chi connectivity index (χ4v) is 3.16. The zero-order valence-corrected chi connectivity index (χ0v) is 15.8. The lowest BCUT2D eigenvalue weighted by Crippen LogP contribution is -2.22. The van der Waals surface area contributed by atoms with Crippen molar-refractivity contribution in [3.63, 3.8) is 0 Å². The topological polar surface area (TPSA) is 138 Å². The Morgan fingerprint density at radius 1 is 1.38 bits per heavy atom. The number of nitrogens with zero attached hydrogens (tertiary/aromatic N) is 4. The fourth-order valence-electron chi connectivity index (χ4n) is 3.16. The van der Waals surface area contributed by atoms with Gasteiger partial charge in [-0.2, -0.15) is 5.10 Å². The molecule has 0 aromatic carbocycles. The zero-order chi connectivity index (χ0) is 20.4. The summed E-state index contributed by atoms with van der Waals surface area (Å²) in [4.78, 5) is 32.7. The summed E-state index contributed by atoms with van der Waals surface area (Å²) in [6.45, 7) is 3.04. The highest BCUT2D eigenvalue weighted by molar-refractivity contribution is 6.07. The maximum absolute atomic E-state index is 12.6. The summed E-state index contributed by atoms with van der Waals surface area (Å²) < 4.78 is 12.5. The highest BCUT2D eigenvalue weighted by Crippen LogP contribution is 2.24. The molecule has 3 N–H and O–H groups in total. The molecule has 2 amide bonds. The van der Waals surface area contributed by atoms with E-state index >= 15 is 0 Å². The summed E-state index contributed by atoms with van der Waals surface area (Å²) in [5, 5.41) is 6.88. The van der Waals surface area contributed by atoms with E-state index in [1.807, 2.05) is 6.92 Å². The van der Waals surface area contributed by atoms with E-state index in [0.29, 0.717) is 24.7 Å². The van der Waals surface area contributed by atoms with Crippen molar-refractivity contribution in [2.24, 2.45) is 5.73 Å². The fraction of sp³-hybridized carbons (Fsp3) is 0.316. The number of amides is 2. The molecule has 3 aromatic rings. The van der Waals surface area contributed by atoms with E-state index in [1.165, 1.54) is 6.26 Å². The lowest BCUT2D eigenvalue weighted by Gasteiger charge is -2.22. The van der Waals surface area contributed by atoms with Gasteiger partial charge < -0.3 is 20.2 Å². The molecule has 0 saturated carbocycles. The van der Waals surface area contributed by atoms with E-state index in [2.05, 4.69) is 20.4 Å². The highest BCUT2D eigenvalue weighted by atomic mass is 16.5. The molecule has 0 bridgehead atoms. The Labute approximate surface area is 166 Å². The van der Waals surface area contributed by atoms with Crippen molar-refractivity contribution in [1.82, 2.24) is 19.7 Å². The standard InChI is InChI=1S/C19H20N6O4/c1-11-7-12(4-5-21-11)19-23-15(10-29-19)18(27)22-14-8-25(24-16(14)17(20)26)13-3-2-6-28-9-13/h4-5,7-8,10,13H,2-3,6,9H2,1H3,(H2,20,26)(H,22,27). The van der Waals surface area contributed by atoms with Crippen LogP contribution in [0, 0.1) is 6.92 Å². The summed E-state index contributed by atoms with van der Waals surface area (Å²) in [7, 11) is 0. The lowest BCUT2D eigenvalue weighted by atomic mass is 10.1. The first-order valence-electron chi connectivity index (χ1n) is 9.18. The summed E-state index contributed by atoms with van der Waals surface area (Å²) in [5.41, 5.74) is 7.21. The van der Waals surface area contributed by atoms with Crippen LogP contribution in [0.1, 0.15) is 45.6 Å². The van der Waals surface area contributed by atoms with Gasteiger partial charge in [0.05, 0.1) is 18.3 Å². The second-order valence-electron chi connectivity index (χ2n) is 6.78. The number of nitrogens with one attached hydrogen (secondary N) is 1. The molecule has 4 heterocycles. The summed E-state index contributed by atoms with van der Waals surface area (Å²) in [6.07, 6.45) is 6.24. The summed E-state index contributed by atoms with van der Waals surface area (Å²) >= 11 is 0. The Balaban J connectivity index is 1.55. The van der Waals surface area contributed by atoms with Gasteiger partial charge in [-0.05, 0) is 31.9 Å². The van der Waals surface area contributed by atoms with Crippen LogP contribution >= 0.6 is 0 Å². The Morgan fingerprint density at radius 2 is 2.24 bits per heavy atom. The second kappa shape index (κ2) is 7.84. The third-order valence-electron chi connectivity index (χ3n) is 4.60. The summed E-state index contributed by atoms with van der Waals surface area (Å²) in [6, 6.07) is 3.53. The van der Waals surface area contributed by atoms with Crippen LogP contribution in [0.4, 0.5) is 5.69 Å². The predicted octanol–water partition coefficient (Wildman–Crippen LogP) is 1.94. The van der Waals surface area contributed by atoms with E-state index in [9.17, 15) is 9.59 Å². The van der Waals surface area contributed by atoms with E-state index in [0.717, 1.165) is 18.5 Å². The number of hydrogen-bond acceptors (Lipinski definition) is 7. The van der Waals surface area contributed by atoms with Crippen LogP contribution < -0.4 is 11.1 Å². The molecular weight excluding hydrogens is 376 g/mol. The number of aryl methyl sites for hydroxylation is 1. The van der Waals surface area contributed by atoms with Gasteiger partial charge in [0, 0.05) is 30.3 Å². The third-order valence-corrected chi connectivity index (χ3v) is 4.60. The van der Waals surface area contributed by atoms with E-state index in [-0.39, 0.29) is 23.1 Å². The SMILES string of the molecule is Cc1cc(-c2nc(C(=O)Nc3cn(C4CCCOC4)nc3C(N)=O)co2)ccn1. The average molecular weight is 396 g/mol.